The fourth-order valence-corrected chi connectivity index (χ4v) is 6.35. The van der Waals surface area contributed by atoms with E-state index in [0.29, 0.717) is 0 Å². The van der Waals surface area contributed by atoms with Crippen LogP contribution in [0, 0.1) is 0 Å². The molecule has 2 aliphatic heterocycles. The van der Waals surface area contributed by atoms with Crippen LogP contribution in [0.4, 0.5) is 17.1 Å². The molecule has 4 aromatic carbocycles. The first-order chi connectivity index (χ1) is 21.0. The lowest BCUT2D eigenvalue weighted by atomic mass is 9.88. The van der Waals surface area contributed by atoms with E-state index in [1.54, 1.807) is 0 Å². The smallest absolute Gasteiger partial charge is 0.210 e. The molecule has 212 valence electrons. The number of para-hydroxylation sites is 3. The molecule has 0 aliphatic carbocycles. The lowest BCUT2D eigenvalue weighted by Crippen LogP contribution is -2.39. The highest BCUT2D eigenvalue weighted by molar-refractivity contribution is 6.20. The van der Waals surface area contributed by atoms with Crippen LogP contribution in [0.25, 0.3) is 27.6 Å². The van der Waals surface area contributed by atoms with Crippen molar-refractivity contribution >= 4 is 44.8 Å². The van der Waals surface area contributed by atoms with Gasteiger partial charge >= 0.3 is 0 Å². The Bertz CT molecular complexity index is 2050. The minimum absolute atomic E-state index is 0.0197. The van der Waals surface area contributed by atoms with Crippen molar-refractivity contribution in [3.8, 4) is 17.3 Å². The van der Waals surface area contributed by atoms with Crippen LogP contribution in [0.2, 0.25) is 0 Å². The molecule has 6 nitrogen and oxygen atoms in total. The minimum atomic E-state index is 0.0197. The summed E-state index contributed by atoms with van der Waals surface area (Å²) in [5, 5.41) is 2.36. The van der Waals surface area contributed by atoms with Gasteiger partial charge in [0.2, 0.25) is 5.96 Å². The van der Waals surface area contributed by atoms with E-state index in [1.165, 1.54) is 22.0 Å². The van der Waals surface area contributed by atoms with E-state index >= 15 is 0 Å². The first kappa shape index (κ1) is 25.6. The van der Waals surface area contributed by atoms with Gasteiger partial charge in [0.15, 0.2) is 0 Å². The number of nitrogens with zero attached hydrogens (tertiary/aromatic N) is 5. The fourth-order valence-electron chi connectivity index (χ4n) is 6.35. The summed E-state index contributed by atoms with van der Waals surface area (Å²) in [5.74, 6) is 3.45. The monoisotopic (exact) mass is 563 g/mol. The standard InChI is InChI=1S/C37H33N5O/c1-37(2,3)25-18-20-38-35(22-25)42-31-13-5-4-12-29(31)30-17-16-28(24-34(30)42)43-27-11-8-10-26(23-27)41-33-15-7-6-14-32(33)40-21-9-19-39-36(40)41/h4-8,10-18,20,22-24H,9,19,21H2,1-3H3. The Morgan fingerprint density at radius 3 is 2.40 bits per heavy atom. The Labute approximate surface area is 251 Å². The minimum Gasteiger partial charge on any atom is -0.457 e. The van der Waals surface area contributed by atoms with Crippen LogP contribution in [0.3, 0.4) is 0 Å². The molecule has 0 saturated heterocycles. The van der Waals surface area contributed by atoms with Gasteiger partial charge in [0, 0.05) is 42.2 Å². The van der Waals surface area contributed by atoms with Crippen LogP contribution in [-0.2, 0) is 5.41 Å². The van der Waals surface area contributed by atoms with E-state index in [9.17, 15) is 0 Å². The summed E-state index contributed by atoms with van der Waals surface area (Å²) in [7, 11) is 0. The van der Waals surface area contributed by atoms with Crippen molar-refractivity contribution in [2.24, 2.45) is 4.99 Å². The third-order valence-electron chi connectivity index (χ3n) is 8.45. The fraction of sp³-hybridized carbons (Fsp3) is 0.189. The maximum absolute atomic E-state index is 6.56. The van der Waals surface area contributed by atoms with Gasteiger partial charge in [-0.05, 0) is 72.0 Å². The number of anilines is 3. The molecular formula is C37H33N5O. The van der Waals surface area contributed by atoms with Gasteiger partial charge in [-0.15, -0.1) is 0 Å². The summed E-state index contributed by atoms with van der Waals surface area (Å²) in [5.41, 5.74) is 6.84. The molecule has 8 rings (SSSR count). The highest BCUT2D eigenvalue weighted by atomic mass is 16.5. The second-order valence-corrected chi connectivity index (χ2v) is 12.3. The van der Waals surface area contributed by atoms with Crippen LogP contribution in [0.5, 0.6) is 11.5 Å². The zero-order chi connectivity index (χ0) is 29.1. The van der Waals surface area contributed by atoms with Crippen LogP contribution in [0.1, 0.15) is 32.8 Å². The summed E-state index contributed by atoms with van der Waals surface area (Å²) in [4.78, 5) is 14.3. The number of aromatic nitrogens is 2. The van der Waals surface area contributed by atoms with Gasteiger partial charge in [-0.1, -0.05) is 57.2 Å². The van der Waals surface area contributed by atoms with Crippen molar-refractivity contribution in [1.82, 2.24) is 9.55 Å². The number of rotatable bonds is 4. The van der Waals surface area contributed by atoms with E-state index in [1.807, 2.05) is 12.3 Å². The van der Waals surface area contributed by atoms with E-state index < -0.39 is 0 Å². The third-order valence-corrected chi connectivity index (χ3v) is 8.45. The molecule has 0 N–H and O–H groups in total. The molecule has 0 unspecified atom stereocenters. The normalized spacial score (nSPS) is 14.6. The lowest BCUT2D eigenvalue weighted by molar-refractivity contribution is 0.483. The SMILES string of the molecule is CC(C)(C)c1ccnc(-n2c3ccccc3c3ccc(Oc4cccc(N5C6=NCCCN6c6ccccc65)c4)cc32)c1. The maximum Gasteiger partial charge on any atom is 0.210 e. The van der Waals surface area contributed by atoms with Crippen LogP contribution in [0.15, 0.2) is 114 Å². The van der Waals surface area contributed by atoms with Crippen LogP contribution < -0.4 is 14.5 Å². The molecule has 43 heavy (non-hydrogen) atoms. The van der Waals surface area contributed by atoms with Crippen molar-refractivity contribution in [2.75, 3.05) is 22.9 Å². The third kappa shape index (κ3) is 4.24. The largest absolute Gasteiger partial charge is 0.457 e. The summed E-state index contributed by atoms with van der Waals surface area (Å²) in [6.07, 6.45) is 2.97. The number of hydrogen-bond donors (Lipinski definition) is 0. The molecule has 0 atom stereocenters. The predicted octanol–water partition coefficient (Wildman–Crippen LogP) is 8.99. The molecular weight excluding hydrogens is 530 g/mol. The van der Waals surface area contributed by atoms with Gasteiger partial charge in [0.05, 0.1) is 28.1 Å². The summed E-state index contributed by atoms with van der Waals surface area (Å²) in [6, 6.07) is 36.0. The van der Waals surface area contributed by atoms with Crippen LogP contribution >= 0.6 is 0 Å². The molecule has 0 spiro atoms. The summed E-state index contributed by atoms with van der Waals surface area (Å²) in [6.45, 7) is 8.52. The van der Waals surface area contributed by atoms with Gasteiger partial charge in [-0.25, -0.2) is 4.98 Å². The van der Waals surface area contributed by atoms with Crippen molar-refractivity contribution < 1.29 is 4.74 Å². The number of guanidine groups is 1. The molecule has 0 bridgehead atoms. The lowest BCUT2D eigenvalue weighted by Gasteiger charge is -2.27. The molecule has 2 aromatic heterocycles. The van der Waals surface area contributed by atoms with Gasteiger partial charge in [-0.2, -0.15) is 0 Å². The summed E-state index contributed by atoms with van der Waals surface area (Å²) >= 11 is 0. The van der Waals surface area contributed by atoms with E-state index in [-0.39, 0.29) is 5.41 Å². The van der Waals surface area contributed by atoms with Gasteiger partial charge in [0.25, 0.3) is 0 Å². The maximum atomic E-state index is 6.56. The number of benzene rings is 4. The van der Waals surface area contributed by atoms with Crippen LogP contribution in [-0.4, -0.2) is 28.6 Å². The molecule has 0 fully saturated rings. The van der Waals surface area contributed by atoms with E-state index in [4.69, 9.17) is 14.7 Å². The molecule has 6 heteroatoms. The van der Waals surface area contributed by atoms with Gasteiger partial charge in [0.1, 0.15) is 17.3 Å². The molecule has 0 amide bonds. The predicted molar refractivity (Wildman–Crippen MR) is 177 cm³/mol. The van der Waals surface area contributed by atoms with Crippen molar-refractivity contribution in [1.29, 1.82) is 0 Å². The second-order valence-electron chi connectivity index (χ2n) is 12.3. The average molecular weight is 564 g/mol. The van der Waals surface area contributed by atoms with Crippen molar-refractivity contribution in [2.45, 2.75) is 32.6 Å². The molecule has 0 radical (unpaired) electrons. The second kappa shape index (κ2) is 9.73. The number of ether oxygens (including phenoxy) is 1. The van der Waals surface area contributed by atoms with Crippen molar-refractivity contribution in [3.63, 3.8) is 0 Å². The Kier molecular flexibility index (Phi) is 5.79. The highest BCUT2D eigenvalue weighted by Gasteiger charge is 2.34. The van der Waals surface area contributed by atoms with Crippen molar-refractivity contribution in [3.05, 3.63) is 115 Å². The number of pyridine rings is 1. The van der Waals surface area contributed by atoms with E-state index in [2.05, 4.69) is 132 Å². The van der Waals surface area contributed by atoms with E-state index in [0.717, 1.165) is 65.2 Å². The Morgan fingerprint density at radius 2 is 1.51 bits per heavy atom. The molecule has 4 heterocycles. The van der Waals surface area contributed by atoms with Gasteiger partial charge in [-0.3, -0.25) is 14.5 Å². The molecule has 0 saturated carbocycles. The summed E-state index contributed by atoms with van der Waals surface area (Å²) < 4.78 is 8.81. The topological polar surface area (TPSA) is 45.9 Å². The number of hydrogen-bond acceptors (Lipinski definition) is 5. The zero-order valence-electron chi connectivity index (χ0n) is 24.7. The van der Waals surface area contributed by atoms with Gasteiger partial charge < -0.3 is 9.64 Å². The molecule has 2 aliphatic rings. The quantitative estimate of drug-likeness (QED) is 0.215. The molecule has 6 aromatic rings. The first-order valence-electron chi connectivity index (χ1n) is 14.9. The zero-order valence-corrected chi connectivity index (χ0v) is 24.7. The number of fused-ring (bicyclic) bond motifs is 6. The first-order valence-corrected chi connectivity index (χ1v) is 14.9. The average Bonchev–Trinajstić information content (AvgIpc) is 3.53. The Morgan fingerprint density at radius 1 is 0.721 bits per heavy atom. The Hall–Kier alpha value is -5.10. The highest BCUT2D eigenvalue weighted by Crippen LogP contribution is 2.44. The number of aliphatic imine (C=N–C) groups is 1. The Balaban J connectivity index is 1.20.